The van der Waals surface area contributed by atoms with Crippen molar-refractivity contribution < 1.29 is 13.9 Å². The lowest BCUT2D eigenvalue weighted by Gasteiger charge is -2.17. The number of hydrogen-bond donors (Lipinski definition) is 2. The average Bonchev–Trinajstić information content (AvgIpc) is 3.22. The molecule has 1 aromatic heterocycles. The van der Waals surface area contributed by atoms with Gasteiger partial charge in [0.2, 0.25) is 0 Å². The minimum absolute atomic E-state index is 0.202. The van der Waals surface area contributed by atoms with Crippen LogP contribution in [0.1, 0.15) is 54.2 Å². The maximum atomic E-state index is 13.1. The third-order valence-corrected chi connectivity index (χ3v) is 5.24. The molecule has 0 radical (unpaired) electrons. The van der Waals surface area contributed by atoms with Crippen molar-refractivity contribution in [2.75, 3.05) is 25.6 Å². The number of benzene rings is 1. The lowest BCUT2D eigenvalue weighted by molar-refractivity contribution is 0.0592. The number of rotatable bonds is 9. The lowest BCUT2D eigenvalue weighted by Crippen LogP contribution is -2.30. The van der Waals surface area contributed by atoms with E-state index in [4.69, 9.17) is 0 Å². The normalized spacial score (nSPS) is 18.6. The minimum atomic E-state index is -0.483. The molecule has 3 rings (SSSR count). The topological polar surface area (TPSA) is 79.4 Å². The molecule has 29 heavy (non-hydrogen) atoms. The number of carbonyl (C=O) groups is 1. The quantitative estimate of drug-likeness (QED) is 0.494. The molecule has 2 atom stereocenters. The van der Waals surface area contributed by atoms with Gasteiger partial charge in [0.05, 0.1) is 7.11 Å². The van der Waals surface area contributed by atoms with Gasteiger partial charge in [0, 0.05) is 25.7 Å². The first kappa shape index (κ1) is 21.1. The largest absolute Gasteiger partial charge is 0.464 e. The summed E-state index contributed by atoms with van der Waals surface area (Å²) >= 11 is 0. The van der Waals surface area contributed by atoms with Crippen LogP contribution in [0.4, 0.5) is 10.2 Å². The van der Waals surface area contributed by atoms with E-state index in [0.717, 1.165) is 50.0 Å². The summed E-state index contributed by atoms with van der Waals surface area (Å²) in [4.78, 5) is 13.4. The van der Waals surface area contributed by atoms with Crippen LogP contribution in [-0.2, 0) is 4.74 Å². The van der Waals surface area contributed by atoms with Crippen LogP contribution in [0.3, 0.4) is 0 Å². The summed E-state index contributed by atoms with van der Waals surface area (Å²) in [6, 6.07) is 10.8. The summed E-state index contributed by atoms with van der Waals surface area (Å²) in [7, 11) is 3.29. The van der Waals surface area contributed by atoms with E-state index in [2.05, 4.69) is 25.8 Å². The fourth-order valence-corrected chi connectivity index (χ4v) is 3.50. The number of unbranched alkanes of at least 4 members (excludes halogenated alkanes) is 2. The van der Waals surface area contributed by atoms with Gasteiger partial charge in [0.15, 0.2) is 11.5 Å². The van der Waals surface area contributed by atoms with Crippen LogP contribution in [0.25, 0.3) is 0 Å². The second-order valence-electron chi connectivity index (χ2n) is 7.36. The minimum Gasteiger partial charge on any atom is -0.464 e. The highest BCUT2D eigenvalue weighted by molar-refractivity contribution is 5.86. The van der Waals surface area contributed by atoms with Crippen molar-refractivity contribution >= 4 is 11.8 Å². The number of halogens is 1. The van der Waals surface area contributed by atoms with Crippen molar-refractivity contribution in [1.29, 1.82) is 0 Å². The van der Waals surface area contributed by atoms with Gasteiger partial charge in [-0.15, -0.1) is 10.2 Å². The van der Waals surface area contributed by atoms with Crippen LogP contribution in [0.5, 0.6) is 0 Å². The molecule has 8 heteroatoms. The van der Waals surface area contributed by atoms with Crippen LogP contribution in [0.15, 0.2) is 36.4 Å². The maximum absolute atomic E-state index is 13.1. The van der Waals surface area contributed by atoms with Gasteiger partial charge in [-0.05, 0) is 49.1 Å². The van der Waals surface area contributed by atoms with Crippen LogP contribution in [0, 0.1) is 5.82 Å². The second-order valence-corrected chi connectivity index (χ2v) is 7.36. The number of nitrogens with one attached hydrogen (secondary N) is 2. The molecule has 2 aromatic rings. The second kappa shape index (κ2) is 10.3. The molecule has 156 valence electrons. The van der Waals surface area contributed by atoms with Gasteiger partial charge < -0.3 is 9.64 Å². The van der Waals surface area contributed by atoms with E-state index in [1.807, 2.05) is 24.1 Å². The Bertz CT molecular complexity index is 785. The Kier molecular flexibility index (Phi) is 7.48. The molecule has 2 unspecified atom stereocenters. The number of anilines is 1. The molecule has 0 saturated carbocycles. The van der Waals surface area contributed by atoms with Crippen LogP contribution >= 0.6 is 0 Å². The van der Waals surface area contributed by atoms with Gasteiger partial charge in [-0.1, -0.05) is 25.0 Å². The summed E-state index contributed by atoms with van der Waals surface area (Å²) < 4.78 is 17.7. The van der Waals surface area contributed by atoms with Crippen molar-refractivity contribution in [3.8, 4) is 0 Å². The van der Waals surface area contributed by atoms with Crippen molar-refractivity contribution in [2.45, 2.75) is 44.2 Å². The molecular formula is C21H28FN5O2. The molecule has 0 bridgehead atoms. The molecular weight excluding hydrogens is 373 g/mol. The molecule has 0 amide bonds. The molecule has 0 spiro atoms. The summed E-state index contributed by atoms with van der Waals surface area (Å²) in [6.07, 6.45) is 5.42. The highest BCUT2D eigenvalue weighted by Crippen LogP contribution is 2.24. The van der Waals surface area contributed by atoms with Gasteiger partial charge in [0.1, 0.15) is 5.82 Å². The summed E-state index contributed by atoms with van der Waals surface area (Å²) in [5, 5.41) is 7.99. The predicted molar refractivity (Wildman–Crippen MR) is 109 cm³/mol. The molecule has 2 heterocycles. The molecule has 1 aliphatic rings. The van der Waals surface area contributed by atoms with E-state index in [1.165, 1.54) is 19.2 Å². The van der Waals surface area contributed by atoms with Crippen molar-refractivity contribution in [3.05, 3.63) is 53.5 Å². The van der Waals surface area contributed by atoms with Gasteiger partial charge in [-0.3, -0.25) is 10.9 Å². The zero-order valence-electron chi connectivity index (χ0n) is 16.9. The molecule has 2 N–H and O–H groups in total. The zero-order valence-corrected chi connectivity index (χ0v) is 16.9. The van der Waals surface area contributed by atoms with Crippen LogP contribution < -0.4 is 15.8 Å². The Morgan fingerprint density at radius 3 is 2.62 bits per heavy atom. The Balaban J connectivity index is 1.32. The average molecular weight is 401 g/mol. The molecule has 7 nitrogen and oxygen atoms in total. The Labute approximate surface area is 170 Å². The number of carbonyl (C=O) groups excluding carboxylic acids is 1. The third kappa shape index (κ3) is 5.95. The van der Waals surface area contributed by atoms with Crippen molar-refractivity contribution in [2.24, 2.45) is 0 Å². The first-order valence-electron chi connectivity index (χ1n) is 9.96. The maximum Gasteiger partial charge on any atom is 0.358 e. The number of ether oxygens (including phenoxy) is 1. The Morgan fingerprint density at radius 1 is 1.14 bits per heavy atom. The number of esters is 1. The van der Waals surface area contributed by atoms with E-state index >= 15 is 0 Å². The molecule has 1 aliphatic heterocycles. The number of methoxy groups -OCH3 is 1. The predicted octanol–water partition coefficient (Wildman–Crippen LogP) is 3.01. The summed E-state index contributed by atoms with van der Waals surface area (Å²) in [5.41, 5.74) is 7.99. The van der Waals surface area contributed by atoms with Crippen LogP contribution in [0.2, 0.25) is 0 Å². The zero-order chi connectivity index (χ0) is 20.6. The van der Waals surface area contributed by atoms with E-state index in [9.17, 15) is 9.18 Å². The van der Waals surface area contributed by atoms with Gasteiger partial charge in [0.25, 0.3) is 0 Å². The first-order valence-corrected chi connectivity index (χ1v) is 9.96. The van der Waals surface area contributed by atoms with E-state index < -0.39 is 5.97 Å². The van der Waals surface area contributed by atoms with E-state index in [-0.39, 0.29) is 17.6 Å². The SMILES string of the molecule is COC(=O)c1ccc(N(C)CCCCCC2CC(c3ccc(F)cc3)NN2)nn1. The number of nitrogens with zero attached hydrogens (tertiary/aromatic N) is 3. The van der Waals surface area contributed by atoms with E-state index in [0.29, 0.717) is 6.04 Å². The van der Waals surface area contributed by atoms with Gasteiger partial charge in [-0.2, -0.15) is 0 Å². The fraction of sp³-hybridized carbons (Fsp3) is 0.476. The lowest BCUT2D eigenvalue weighted by atomic mass is 9.99. The Hall–Kier alpha value is -2.58. The molecule has 0 aliphatic carbocycles. The number of hydrazine groups is 1. The molecule has 1 fully saturated rings. The van der Waals surface area contributed by atoms with Crippen LogP contribution in [-0.4, -0.2) is 42.9 Å². The standard InChI is InChI=1S/C21H28FN5O2/c1-27(20-12-11-18(24-26-20)21(28)29-2)13-5-3-4-6-17-14-19(25-23-17)15-7-9-16(22)10-8-15/h7-12,17,19,23,25H,3-6,13-14H2,1-2H3. The smallest absolute Gasteiger partial charge is 0.358 e. The van der Waals surface area contributed by atoms with Crippen molar-refractivity contribution in [1.82, 2.24) is 21.0 Å². The van der Waals surface area contributed by atoms with Gasteiger partial charge in [-0.25, -0.2) is 9.18 Å². The number of aromatic nitrogens is 2. The summed E-state index contributed by atoms with van der Waals surface area (Å²) in [6.45, 7) is 0.876. The highest BCUT2D eigenvalue weighted by Gasteiger charge is 2.24. The molecule has 1 saturated heterocycles. The van der Waals surface area contributed by atoms with Crippen molar-refractivity contribution in [3.63, 3.8) is 0 Å². The summed E-state index contributed by atoms with van der Waals surface area (Å²) in [5.74, 6) is 0.0523. The highest BCUT2D eigenvalue weighted by atomic mass is 19.1. The fourth-order valence-electron chi connectivity index (χ4n) is 3.50. The third-order valence-electron chi connectivity index (χ3n) is 5.24. The monoisotopic (exact) mass is 401 g/mol. The first-order chi connectivity index (χ1) is 14.1. The molecule has 1 aromatic carbocycles. The number of hydrogen-bond acceptors (Lipinski definition) is 7. The van der Waals surface area contributed by atoms with E-state index in [1.54, 1.807) is 12.1 Å². The van der Waals surface area contributed by atoms with Gasteiger partial charge >= 0.3 is 5.97 Å². The Morgan fingerprint density at radius 2 is 1.93 bits per heavy atom.